The van der Waals surface area contributed by atoms with Gasteiger partial charge in [-0.15, -0.1) is 11.3 Å². The number of rotatable bonds is 3. The van der Waals surface area contributed by atoms with E-state index in [1.165, 1.54) is 10.7 Å². The molecule has 0 unspecified atom stereocenters. The first kappa shape index (κ1) is 8.75. The number of thiophene rings is 1. The van der Waals surface area contributed by atoms with Crippen LogP contribution in [-0.4, -0.2) is 18.9 Å². The van der Waals surface area contributed by atoms with E-state index >= 15 is 0 Å². The van der Waals surface area contributed by atoms with Crippen molar-refractivity contribution in [1.82, 2.24) is 5.32 Å². The van der Waals surface area contributed by atoms with E-state index in [1.54, 1.807) is 0 Å². The van der Waals surface area contributed by atoms with Gasteiger partial charge in [-0.2, -0.15) is 0 Å². The first-order chi connectivity index (χ1) is 6.36. The standard InChI is InChI=1S/C10H14N2S/c1-8(10-11-4-5-12-10)7-9-3-2-6-13-9/h2-3,6,8H,4-5,7H2,1H3,(H,11,12)/t8-/m0/s1. The monoisotopic (exact) mass is 194 g/mol. The molecule has 3 heteroatoms. The Morgan fingerprint density at radius 3 is 3.23 bits per heavy atom. The summed E-state index contributed by atoms with van der Waals surface area (Å²) in [5.41, 5.74) is 0. The molecule has 1 aromatic rings. The van der Waals surface area contributed by atoms with Gasteiger partial charge >= 0.3 is 0 Å². The third-order valence-corrected chi connectivity index (χ3v) is 3.15. The third kappa shape index (κ3) is 2.10. The predicted octanol–water partition coefficient (Wildman–Crippen LogP) is 1.93. The topological polar surface area (TPSA) is 24.4 Å². The maximum Gasteiger partial charge on any atom is 0.0996 e. The number of aliphatic imine (C=N–C) groups is 1. The van der Waals surface area contributed by atoms with Crippen LogP contribution in [0.15, 0.2) is 22.5 Å². The van der Waals surface area contributed by atoms with E-state index < -0.39 is 0 Å². The summed E-state index contributed by atoms with van der Waals surface area (Å²) in [5, 5.41) is 5.45. The van der Waals surface area contributed by atoms with E-state index in [-0.39, 0.29) is 0 Å². The SMILES string of the molecule is C[C@@H](Cc1cccs1)C1=NCCN1. The van der Waals surface area contributed by atoms with E-state index in [0.717, 1.165) is 19.5 Å². The van der Waals surface area contributed by atoms with E-state index in [0.29, 0.717) is 5.92 Å². The molecule has 70 valence electrons. The lowest BCUT2D eigenvalue weighted by Crippen LogP contribution is -2.26. The summed E-state index contributed by atoms with van der Waals surface area (Å²) in [4.78, 5) is 5.87. The van der Waals surface area contributed by atoms with Crippen LogP contribution in [0.3, 0.4) is 0 Å². The largest absolute Gasteiger partial charge is 0.372 e. The van der Waals surface area contributed by atoms with Crippen LogP contribution in [0.25, 0.3) is 0 Å². The van der Waals surface area contributed by atoms with Crippen LogP contribution >= 0.6 is 11.3 Å². The molecule has 0 saturated heterocycles. The Morgan fingerprint density at radius 1 is 1.69 bits per heavy atom. The maximum atomic E-state index is 4.43. The van der Waals surface area contributed by atoms with Crippen molar-refractivity contribution in [3.63, 3.8) is 0 Å². The van der Waals surface area contributed by atoms with Crippen molar-refractivity contribution in [2.24, 2.45) is 10.9 Å². The third-order valence-electron chi connectivity index (χ3n) is 2.25. The molecule has 2 heterocycles. The number of nitrogens with zero attached hydrogens (tertiary/aromatic N) is 1. The number of amidine groups is 1. The minimum atomic E-state index is 0.543. The van der Waals surface area contributed by atoms with E-state index in [4.69, 9.17) is 0 Å². The average molecular weight is 194 g/mol. The van der Waals surface area contributed by atoms with Gasteiger partial charge in [0.05, 0.1) is 12.4 Å². The molecule has 0 bridgehead atoms. The fourth-order valence-electron chi connectivity index (χ4n) is 1.57. The molecule has 0 amide bonds. The van der Waals surface area contributed by atoms with Crippen molar-refractivity contribution in [1.29, 1.82) is 0 Å². The van der Waals surface area contributed by atoms with Crippen LogP contribution in [0.1, 0.15) is 11.8 Å². The van der Waals surface area contributed by atoms with Gasteiger partial charge in [0.25, 0.3) is 0 Å². The van der Waals surface area contributed by atoms with Gasteiger partial charge in [-0.05, 0) is 17.9 Å². The highest BCUT2D eigenvalue weighted by molar-refractivity contribution is 7.09. The molecule has 1 aliphatic rings. The smallest absolute Gasteiger partial charge is 0.0996 e. The first-order valence-electron chi connectivity index (χ1n) is 4.67. The number of nitrogens with one attached hydrogen (secondary N) is 1. The predicted molar refractivity (Wildman–Crippen MR) is 57.5 cm³/mol. The second-order valence-corrected chi connectivity index (χ2v) is 4.41. The van der Waals surface area contributed by atoms with Crippen LogP contribution < -0.4 is 5.32 Å². The Labute approximate surface area is 82.7 Å². The van der Waals surface area contributed by atoms with E-state index in [2.05, 4.69) is 34.7 Å². The molecule has 0 radical (unpaired) electrons. The van der Waals surface area contributed by atoms with E-state index in [9.17, 15) is 0 Å². The molecule has 1 aromatic heterocycles. The van der Waals surface area contributed by atoms with Gasteiger partial charge in [0.15, 0.2) is 0 Å². The minimum Gasteiger partial charge on any atom is -0.372 e. The number of hydrogen-bond donors (Lipinski definition) is 1. The van der Waals surface area contributed by atoms with Crippen LogP contribution in [0.5, 0.6) is 0 Å². The molecule has 0 spiro atoms. The average Bonchev–Trinajstić information content (AvgIpc) is 2.74. The zero-order chi connectivity index (χ0) is 9.10. The van der Waals surface area contributed by atoms with Crippen molar-refractivity contribution in [3.05, 3.63) is 22.4 Å². The summed E-state index contributed by atoms with van der Waals surface area (Å²) in [6, 6.07) is 4.30. The molecule has 1 aliphatic heterocycles. The fraction of sp³-hybridized carbons (Fsp3) is 0.500. The Balaban J connectivity index is 1.95. The molecule has 2 rings (SSSR count). The lowest BCUT2D eigenvalue weighted by molar-refractivity contribution is 0.752. The van der Waals surface area contributed by atoms with Crippen molar-refractivity contribution in [2.45, 2.75) is 13.3 Å². The molecule has 13 heavy (non-hydrogen) atoms. The van der Waals surface area contributed by atoms with Crippen molar-refractivity contribution >= 4 is 17.2 Å². The Kier molecular flexibility index (Phi) is 2.64. The zero-order valence-corrected chi connectivity index (χ0v) is 8.60. The van der Waals surface area contributed by atoms with Crippen molar-refractivity contribution < 1.29 is 0 Å². The van der Waals surface area contributed by atoms with Gasteiger partial charge in [0.1, 0.15) is 0 Å². The molecular weight excluding hydrogens is 180 g/mol. The molecule has 1 N–H and O–H groups in total. The van der Waals surface area contributed by atoms with Gasteiger partial charge in [-0.3, -0.25) is 4.99 Å². The lowest BCUT2D eigenvalue weighted by Gasteiger charge is -2.10. The lowest BCUT2D eigenvalue weighted by atomic mass is 10.1. The van der Waals surface area contributed by atoms with Gasteiger partial charge in [0, 0.05) is 17.3 Å². The molecule has 2 nitrogen and oxygen atoms in total. The fourth-order valence-corrected chi connectivity index (χ4v) is 2.41. The van der Waals surface area contributed by atoms with Crippen LogP contribution in [0.2, 0.25) is 0 Å². The Bertz CT molecular complexity index is 290. The second kappa shape index (κ2) is 3.92. The number of hydrogen-bond acceptors (Lipinski definition) is 3. The van der Waals surface area contributed by atoms with Gasteiger partial charge in [0.2, 0.25) is 0 Å². The van der Waals surface area contributed by atoms with Gasteiger partial charge < -0.3 is 5.32 Å². The highest BCUT2D eigenvalue weighted by Crippen LogP contribution is 2.15. The summed E-state index contributed by atoms with van der Waals surface area (Å²) in [5.74, 6) is 1.73. The van der Waals surface area contributed by atoms with Gasteiger partial charge in [-0.1, -0.05) is 13.0 Å². The maximum absolute atomic E-state index is 4.43. The highest BCUT2D eigenvalue weighted by Gasteiger charge is 2.14. The van der Waals surface area contributed by atoms with E-state index in [1.807, 2.05) is 11.3 Å². The first-order valence-corrected chi connectivity index (χ1v) is 5.55. The van der Waals surface area contributed by atoms with Crippen molar-refractivity contribution in [2.75, 3.05) is 13.1 Å². The van der Waals surface area contributed by atoms with Crippen LogP contribution in [0, 0.1) is 5.92 Å². The minimum absolute atomic E-state index is 0.543. The molecule has 0 fully saturated rings. The summed E-state index contributed by atoms with van der Waals surface area (Å²) in [6.07, 6.45) is 1.11. The Morgan fingerprint density at radius 2 is 2.62 bits per heavy atom. The summed E-state index contributed by atoms with van der Waals surface area (Å²) in [7, 11) is 0. The summed E-state index contributed by atoms with van der Waals surface area (Å²) >= 11 is 1.83. The molecule has 0 aliphatic carbocycles. The molecular formula is C10H14N2S. The highest BCUT2D eigenvalue weighted by atomic mass is 32.1. The van der Waals surface area contributed by atoms with Gasteiger partial charge in [-0.25, -0.2) is 0 Å². The summed E-state index contributed by atoms with van der Waals surface area (Å²) in [6.45, 7) is 4.20. The Hall–Kier alpha value is -0.830. The molecule has 0 aromatic carbocycles. The summed E-state index contributed by atoms with van der Waals surface area (Å²) < 4.78 is 0. The zero-order valence-electron chi connectivity index (χ0n) is 7.79. The van der Waals surface area contributed by atoms with Crippen LogP contribution in [-0.2, 0) is 6.42 Å². The molecule has 1 atom stereocenters. The van der Waals surface area contributed by atoms with Crippen LogP contribution in [0.4, 0.5) is 0 Å². The quantitative estimate of drug-likeness (QED) is 0.781. The van der Waals surface area contributed by atoms with Crippen molar-refractivity contribution in [3.8, 4) is 0 Å². The molecule has 0 saturated carbocycles. The second-order valence-electron chi connectivity index (χ2n) is 3.38. The normalized spacial score (nSPS) is 18.1.